The van der Waals surface area contributed by atoms with Gasteiger partial charge < -0.3 is 14.4 Å². The van der Waals surface area contributed by atoms with Crippen molar-refractivity contribution in [1.82, 2.24) is 4.72 Å². The summed E-state index contributed by atoms with van der Waals surface area (Å²) in [6, 6.07) is 8.89. The minimum Gasteiger partial charge on any atom is -0.321 e. The van der Waals surface area contributed by atoms with E-state index in [2.05, 4.69) is 23.9 Å². The van der Waals surface area contributed by atoms with Crippen molar-refractivity contribution in [2.24, 2.45) is 0 Å². The second-order valence-electron chi connectivity index (χ2n) is 4.83. The van der Waals surface area contributed by atoms with Gasteiger partial charge in [0, 0.05) is 17.3 Å². The Kier molecular flexibility index (Phi) is 10.6. The van der Waals surface area contributed by atoms with Crippen molar-refractivity contribution >= 4 is 40.8 Å². The first-order chi connectivity index (χ1) is 11.1. The number of nitrogens with one attached hydrogen (secondary N) is 2. The van der Waals surface area contributed by atoms with Crippen LogP contribution in [0.3, 0.4) is 0 Å². The lowest BCUT2D eigenvalue weighted by molar-refractivity contribution is 0.251. The van der Waals surface area contributed by atoms with Gasteiger partial charge in [0.1, 0.15) is 0 Å². The van der Waals surface area contributed by atoms with Gasteiger partial charge in [-0.25, -0.2) is 4.79 Å². The molecule has 0 aliphatic carbocycles. The van der Waals surface area contributed by atoms with Crippen LogP contribution in [0.1, 0.15) is 39.5 Å². The number of anilines is 1. The predicted molar refractivity (Wildman–Crippen MR) is 102 cm³/mol. The molecule has 0 saturated heterocycles. The molecule has 2 amide bonds. The second-order valence-corrected chi connectivity index (χ2v) is 10.8. The summed E-state index contributed by atoms with van der Waals surface area (Å²) in [7, 11) is 0. The van der Waals surface area contributed by atoms with Crippen molar-refractivity contribution in [1.29, 1.82) is 0 Å². The molecule has 0 aliphatic rings. The summed E-state index contributed by atoms with van der Waals surface area (Å²) in [4.78, 5) is 11.9. The van der Waals surface area contributed by atoms with Gasteiger partial charge in [0.15, 0.2) is 0 Å². The van der Waals surface area contributed by atoms with E-state index < -0.39 is 5.69 Å². The van der Waals surface area contributed by atoms with Gasteiger partial charge in [0.05, 0.1) is 13.2 Å². The van der Waals surface area contributed by atoms with Gasteiger partial charge in [-0.15, -0.1) is 0 Å². The highest BCUT2D eigenvalue weighted by Crippen LogP contribution is 2.59. The molecule has 0 unspecified atom stereocenters. The fourth-order valence-corrected chi connectivity index (χ4v) is 4.77. The van der Waals surface area contributed by atoms with Crippen molar-refractivity contribution in [3.8, 4) is 0 Å². The van der Waals surface area contributed by atoms with Crippen LogP contribution in [-0.4, -0.2) is 19.2 Å². The molecular formula is C15H25N2O3PS2. The first-order valence-corrected chi connectivity index (χ1v) is 11.9. The maximum absolute atomic E-state index is 11.9. The van der Waals surface area contributed by atoms with Gasteiger partial charge in [0.25, 0.3) is 5.69 Å². The van der Waals surface area contributed by atoms with Crippen molar-refractivity contribution < 1.29 is 13.8 Å². The van der Waals surface area contributed by atoms with Crippen LogP contribution in [0.25, 0.3) is 0 Å². The van der Waals surface area contributed by atoms with Crippen LogP contribution >= 0.6 is 17.3 Å². The van der Waals surface area contributed by atoms with Crippen molar-refractivity contribution in [3.05, 3.63) is 30.3 Å². The molecule has 0 atom stereocenters. The Morgan fingerprint density at radius 1 is 1.13 bits per heavy atom. The molecule has 0 spiro atoms. The largest absolute Gasteiger partial charge is 0.329 e. The molecule has 0 heterocycles. The van der Waals surface area contributed by atoms with Gasteiger partial charge in [-0.05, 0) is 36.8 Å². The number of para-hydroxylation sites is 1. The van der Waals surface area contributed by atoms with Gasteiger partial charge in [-0.1, -0.05) is 44.9 Å². The Hall–Kier alpha value is -0.590. The predicted octanol–water partition coefficient (Wildman–Crippen LogP) is 5.31. The second kappa shape index (κ2) is 11.9. The molecular weight excluding hydrogens is 351 g/mol. The highest BCUT2D eigenvalue weighted by molar-refractivity contribution is 8.67. The van der Waals surface area contributed by atoms with E-state index in [1.54, 1.807) is 0 Å². The summed E-state index contributed by atoms with van der Waals surface area (Å²) in [5.74, 6) is 0. The molecule has 1 aromatic rings. The number of hydrogen-bond acceptors (Lipinski definition) is 5. The maximum atomic E-state index is 11.9. The third-order valence-corrected chi connectivity index (χ3v) is 7.15. The molecule has 0 aliphatic heterocycles. The fraction of sp³-hybridized carbons (Fsp3) is 0.533. The van der Waals surface area contributed by atoms with E-state index in [4.69, 9.17) is 20.9 Å². The summed E-state index contributed by atoms with van der Waals surface area (Å²) < 4.78 is 14.2. The Morgan fingerprint density at radius 3 is 2.22 bits per heavy atom. The topological polar surface area (TPSA) is 59.6 Å². The molecule has 23 heavy (non-hydrogen) atoms. The summed E-state index contributed by atoms with van der Waals surface area (Å²) in [6.45, 7) is 5.27. The quantitative estimate of drug-likeness (QED) is 0.311. The zero-order valence-electron chi connectivity index (χ0n) is 13.6. The smallest absolute Gasteiger partial charge is 0.321 e. The molecule has 1 rings (SSSR count). The number of carbonyl (C=O) groups is 1. The van der Waals surface area contributed by atoms with E-state index in [1.807, 2.05) is 30.3 Å². The summed E-state index contributed by atoms with van der Waals surface area (Å²) in [6.07, 6.45) is 3.90. The van der Waals surface area contributed by atoms with E-state index >= 15 is 0 Å². The molecule has 5 nitrogen and oxygen atoms in total. The third-order valence-electron chi connectivity index (χ3n) is 2.78. The molecule has 8 heteroatoms. The lowest BCUT2D eigenvalue weighted by atomic mass is 10.3. The molecule has 0 bridgehead atoms. The van der Waals surface area contributed by atoms with Crippen molar-refractivity contribution in [2.45, 2.75) is 39.5 Å². The first-order valence-electron chi connectivity index (χ1n) is 7.79. The van der Waals surface area contributed by atoms with E-state index in [0.717, 1.165) is 42.9 Å². The number of hydrogen-bond donors (Lipinski definition) is 2. The number of rotatable bonds is 11. The zero-order chi connectivity index (χ0) is 17.0. The van der Waals surface area contributed by atoms with Crippen LogP contribution in [-0.2, 0) is 20.9 Å². The van der Waals surface area contributed by atoms with E-state index in [0.29, 0.717) is 13.2 Å². The van der Waals surface area contributed by atoms with E-state index in [-0.39, 0.29) is 6.03 Å². The zero-order valence-corrected chi connectivity index (χ0v) is 16.1. The number of benzene rings is 1. The highest BCUT2D eigenvalue weighted by Gasteiger charge is 2.22. The normalized spacial score (nSPS) is 11.2. The third kappa shape index (κ3) is 9.33. The Balaban J connectivity index is 2.47. The van der Waals surface area contributed by atoms with Crippen LogP contribution in [0.15, 0.2) is 30.3 Å². The molecule has 2 N–H and O–H groups in total. The fourth-order valence-electron chi connectivity index (χ4n) is 1.51. The average Bonchev–Trinajstić information content (AvgIpc) is 2.55. The average molecular weight is 376 g/mol. The number of unbranched alkanes of at least 4 members (excludes halogenated alkanes) is 2. The van der Waals surface area contributed by atoms with E-state index in [9.17, 15) is 4.79 Å². The van der Waals surface area contributed by atoms with Crippen LogP contribution in [0, 0.1) is 0 Å². The van der Waals surface area contributed by atoms with E-state index in [1.165, 1.54) is 0 Å². The molecule has 1 aromatic carbocycles. The summed E-state index contributed by atoms with van der Waals surface area (Å²) in [5, 5.41) is 2.74. The Labute approximate surface area is 148 Å². The van der Waals surface area contributed by atoms with Crippen LogP contribution in [0.4, 0.5) is 10.5 Å². The number of urea groups is 1. The van der Waals surface area contributed by atoms with Crippen molar-refractivity contribution in [2.75, 3.05) is 18.5 Å². The molecule has 0 fully saturated rings. The van der Waals surface area contributed by atoms with Gasteiger partial charge in [-0.2, -0.15) is 0 Å². The van der Waals surface area contributed by atoms with Gasteiger partial charge in [-0.3, -0.25) is 4.72 Å². The van der Waals surface area contributed by atoms with Crippen LogP contribution in [0.5, 0.6) is 0 Å². The lowest BCUT2D eigenvalue weighted by Crippen LogP contribution is -2.22. The molecule has 130 valence electrons. The van der Waals surface area contributed by atoms with Gasteiger partial charge in [0.2, 0.25) is 0 Å². The lowest BCUT2D eigenvalue weighted by Gasteiger charge is -2.21. The molecule has 0 aromatic heterocycles. The van der Waals surface area contributed by atoms with Crippen LogP contribution in [0.2, 0.25) is 0 Å². The maximum Gasteiger partial charge on any atom is 0.329 e. The minimum absolute atomic E-state index is 0.339. The molecule has 0 saturated carbocycles. The van der Waals surface area contributed by atoms with Gasteiger partial charge >= 0.3 is 6.03 Å². The Morgan fingerprint density at radius 2 is 1.70 bits per heavy atom. The van der Waals surface area contributed by atoms with Crippen molar-refractivity contribution in [3.63, 3.8) is 0 Å². The minimum atomic E-state index is -2.56. The number of carbonyl (C=O) groups excluding carboxylic acids is 1. The molecule has 0 radical (unpaired) electrons. The monoisotopic (exact) mass is 376 g/mol. The SMILES string of the molecule is CCCCOP(=S)(OCCCC)SNC(=O)Nc1ccccc1. The standard InChI is InChI=1S/C15H25N2O3PS2/c1-3-5-12-19-21(22,20-13-6-4-2)23-17-15(18)16-14-10-8-7-9-11-14/h7-11H,3-6,12-13H2,1-2H3,(H2,16,17,18). The summed E-state index contributed by atoms with van der Waals surface area (Å²) >= 11 is 6.57. The van der Waals surface area contributed by atoms with Crippen LogP contribution < -0.4 is 10.0 Å². The highest BCUT2D eigenvalue weighted by atomic mass is 32.9. The Bertz CT molecular complexity index is 489. The number of amides is 2. The first kappa shape index (κ1) is 20.5. The summed E-state index contributed by atoms with van der Waals surface area (Å²) in [5.41, 5.74) is -1.84.